The van der Waals surface area contributed by atoms with Crippen LogP contribution in [0, 0.1) is 6.07 Å². The zero-order valence-electron chi connectivity index (χ0n) is 31.9. The van der Waals surface area contributed by atoms with Gasteiger partial charge in [0.05, 0.1) is 0 Å². The summed E-state index contributed by atoms with van der Waals surface area (Å²) in [7, 11) is 0. The van der Waals surface area contributed by atoms with Crippen molar-refractivity contribution in [2.75, 3.05) is 0 Å². The largest absolute Gasteiger partial charge is 1.00 e. The smallest absolute Gasteiger partial charge is 0.172 e. The second kappa shape index (κ2) is 18.7. The van der Waals surface area contributed by atoms with Gasteiger partial charge in [0.1, 0.15) is 0 Å². The molecule has 0 saturated carbocycles. The molecule has 0 aromatic heterocycles. The van der Waals surface area contributed by atoms with Gasteiger partial charge in [-0.3, -0.25) is 0 Å². The number of hydrogen-bond acceptors (Lipinski definition) is 0. The molecule has 7 rings (SSSR count). The van der Waals surface area contributed by atoms with Crippen LogP contribution in [0.4, 0.5) is 26.3 Å². The first-order chi connectivity index (χ1) is 25.3. The Balaban J connectivity index is 0.000000305. The summed E-state index contributed by atoms with van der Waals surface area (Å²) in [5.41, 5.74) is 10.9. The minimum Gasteiger partial charge on any atom is -1.00 e. The molecule has 0 fully saturated rings. The van der Waals surface area contributed by atoms with Gasteiger partial charge in [0.15, 0.2) is 0 Å². The van der Waals surface area contributed by atoms with Crippen molar-refractivity contribution in [2.45, 2.75) is 71.1 Å². The van der Waals surface area contributed by atoms with Gasteiger partial charge in [-0.1, -0.05) is 131 Å². The molecule has 1 aliphatic carbocycles. The monoisotopic (exact) mass is 880 g/mol. The molecule has 6 aromatic carbocycles. The van der Waals surface area contributed by atoms with Crippen LogP contribution in [-0.4, -0.2) is 3.71 Å². The maximum atomic E-state index is 12.3. The van der Waals surface area contributed by atoms with E-state index in [2.05, 4.69) is 126 Å². The van der Waals surface area contributed by atoms with E-state index in [1.165, 1.54) is 59.3 Å². The van der Waals surface area contributed by atoms with Gasteiger partial charge in [-0.25, -0.2) is 12.1 Å². The Morgan fingerprint density at radius 1 is 0.571 bits per heavy atom. The van der Waals surface area contributed by atoms with E-state index in [0.717, 1.165) is 30.7 Å². The van der Waals surface area contributed by atoms with Gasteiger partial charge >= 0.3 is 102 Å². The number of alkyl halides is 6. The summed E-state index contributed by atoms with van der Waals surface area (Å²) >= 11 is 0.733. The molecule has 0 N–H and O–H groups in total. The summed E-state index contributed by atoms with van der Waals surface area (Å²) in [4.78, 5) is 0. The average molecular weight is 883 g/mol. The van der Waals surface area contributed by atoms with Gasteiger partial charge in [0, 0.05) is 0 Å². The van der Waals surface area contributed by atoms with Crippen molar-refractivity contribution in [1.29, 1.82) is 0 Å². The predicted molar refractivity (Wildman–Crippen MR) is 205 cm³/mol. The molecule has 292 valence electrons. The van der Waals surface area contributed by atoms with E-state index in [4.69, 9.17) is 0 Å². The third-order valence-electron chi connectivity index (χ3n) is 9.16. The Morgan fingerprint density at radius 3 is 1.48 bits per heavy atom. The second-order valence-corrected chi connectivity index (χ2v) is 16.1. The number of benzene rings is 5. The van der Waals surface area contributed by atoms with Crippen molar-refractivity contribution in [1.82, 2.24) is 0 Å². The molecular formula is C47H42Cl2F6Zr-2. The Kier molecular flexibility index (Phi) is 15.6. The summed E-state index contributed by atoms with van der Waals surface area (Å²) in [5, 5.41) is 0. The van der Waals surface area contributed by atoms with E-state index < -0.39 is 23.5 Å². The van der Waals surface area contributed by atoms with Gasteiger partial charge in [0.25, 0.3) is 0 Å². The standard InChI is InChI=1S/C33H33.C9H4F6.C5H5.2ClH.Zr/c1-32(2,3)30-20-26-24(18-28(30)22-13-9-7-10-14-22)17-25-19-29(23-15-11-8-12-16-23)31(21-27(25)26)33(4,5)6;1-5-2-6(8(10,11)12)4-7(3-5)9(13,14)15;1-2-4-5-3-1;;;/h7-16,18,20-21H,17H2,1-6H3;1-4H;1-5H;2*1H;/q-1;;-1;;;+2/p-2. The van der Waals surface area contributed by atoms with Crippen LogP contribution < -0.4 is 24.8 Å². The number of hydrogen-bond donors (Lipinski definition) is 0. The Bertz CT molecular complexity index is 2040. The molecule has 0 saturated heterocycles. The second-order valence-electron chi connectivity index (χ2n) is 15.4. The predicted octanol–water partition coefficient (Wildman–Crippen LogP) is 7.82. The molecule has 0 atom stereocenters. The summed E-state index contributed by atoms with van der Waals surface area (Å²) in [6, 6.07) is 44.3. The molecule has 0 spiro atoms. The maximum Gasteiger partial charge on any atom is -0.172 e. The van der Waals surface area contributed by atoms with Crippen LogP contribution >= 0.6 is 0 Å². The van der Waals surface area contributed by atoms with Crippen LogP contribution in [0.25, 0.3) is 33.4 Å². The van der Waals surface area contributed by atoms with Gasteiger partial charge in [-0.2, -0.15) is 18.2 Å². The van der Waals surface area contributed by atoms with Crippen molar-refractivity contribution in [3.8, 4) is 33.4 Å². The first kappa shape index (κ1) is 46.7. The molecule has 0 radical (unpaired) electrons. The number of halogens is 8. The number of fused-ring (bicyclic) bond motifs is 3. The van der Waals surface area contributed by atoms with E-state index >= 15 is 0 Å². The molecule has 56 heavy (non-hydrogen) atoms. The van der Waals surface area contributed by atoms with Crippen molar-refractivity contribution < 1.29 is 75.4 Å². The van der Waals surface area contributed by atoms with Crippen LogP contribution in [0.5, 0.6) is 0 Å². The average Bonchev–Trinajstić information content (AvgIpc) is 3.82. The van der Waals surface area contributed by atoms with E-state index in [1.54, 1.807) is 0 Å². The fraction of sp³-hybridized carbons (Fsp3) is 0.234. The first-order valence-electron chi connectivity index (χ1n) is 17.6. The third kappa shape index (κ3) is 11.5. The Morgan fingerprint density at radius 2 is 1.05 bits per heavy atom. The van der Waals surface area contributed by atoms with Crippen LogP contribution in [0.1, 0.15) is 80.5 Å². The zero-order valence-corrected chi connectivity index (χ0v) is 35.9. The van der Waals surface area contributed by atoms with Gasteiger partial charge in [0.2, 0.25) is 0 Å². The van der Waals surface area contributed by atoms with Crippen molar-refractivity contribution in [2.24, 2.45) is 0 Å². The Hall–Kier alpha value is -3.64. The molecular weight excluding hydrogens is 841 g/mol. The molecule has 0 amide bonds. The topological polar surface area (TPSA) is 0 Å². The normalized spacial score (nSPS) is 12.0. The van der Waals surface area contributed by atoms with Gasteiger partial charge < -0.3 is 24.8 Å². The minimum absolute atomic E-state index is 0. The fourth-order valence-corrected chi connectivity index (χ4v) is 6.89. The third-order valence-corrected chi connectivity index (χ3v) is 9.97. The van der Waals surface area contributed by atoms with Crippen LogP contribution in [0.2, 0.25) is 0 Å². The van der Waals surface area contributed by atoms with E-state index in [-0.39, 0.29) is 47.3 Å². The maximum absolute atomic E-state index is 12.3. The molecule has 1 aliphatic rings. The molecule has 0 heterocycles. The van der Waals surface area contributed by atoms with E-state index in [1.807, 2.05) is 30.3 Å². The van der Waals surface area contributed by atoms with Crippen molar-refractivity contribution in [3.05, 3.63) is 172 Å². The van der Waals surface area contributed by atoms with E-state index in [0.29, 0.717) is 12.1 Å². The quantitative estimate of drug-likeness (QED) is 0.126. The zero-order chi connectivity index (χ0) is 39.5. The van der Waals surface area contributed by atoms with Crippen LogP contribution in [-0.2, 0) is 53.8 Å². The Labute approximate surface area is 353 Å². The van der Waals surface area contributed by atoms with Crippen LogP contribution in [0.15, 0.2) is 127 Å². The fourth-order valence-electron chi connectivity index (χ4n) is 6.48. The SMILES string of the molecule is CC(C)(C)c1cc2c([c-]c1-c1ccccc1)Cc1cc(-c3ccccc3)c(C(C)(C)C)cc1-2.FC(F)(F)c1cc([CH]=[Zr+2])cc(C(F)(F)F)c1.[Cl-].[Cl-].c1cc[cH-]c1. The summed E-state index contributed by atoms with van der Waals surface area (Å²) in [5.74, 6) is 0. The molecule has 6 aromatic rings. The first-order valence-corrected chi connectivity index (χ1v) is 19.0. The molecule has 0 nitrogen and oxygen atoms in total. The van der Waals surface area contributed by atoms with Gasteiger partial charge in [-0.05, 0) is 39.5 Å². The van der Waals surface area contributed by atoms with Crippen molar-refractivity contribution in [3.63, 3.8) is 0 Å². The van der Waals surface area contributed by atoms with E-state index in [9.17, 15) is 26.3 Å². The molecule has 0 unspecified atom stereocenters. The molecule has 0 aliphatic heterocycles. The molecule has 0 bridgehead atoms. The summed E-state index contributed by atoms with van der Waals surface area (Å²) in [6.07, 6.45) is -8.59. The summed E-state index contributed by atoms with van der Waals surface area (Å²) in [6.45, 7) is 13.9. The molecule has 9 heteroatoms. The van der Waals surface area contributed by atoms with Crippen LogP contribution in [0.3, 0.4) is 0 Å². The van der Waals surface area contributed by atoms with Crippen molar-refractivity contribution >= 4 is 3.71 Å². The van der Waals surface area contributed by atoms with Gasteiger partial charge in [-0.15, -0.1) is 28.8 Å². The minimum atomic E-state index is -4.77. The number of rotatable bonds is 3. The summed E-state index contributed by atoms with van der Waals surface area (Å²) < 4.78 is 75.1.